The summed E-state index contributed by atoms with van der Waals surface area (Å²) >= 11 is 0. The Labute approximate surface area is 198 Å². The van der Waals surface area contributed by atoms with Crippen LogP contribution in [0.4, 0.5) is 5.69 Å². The van der Waals surface area contributed by atoms with Gasteiger partial charge in [-0.1, -0.05) is 25.0 Å². The Bertz CT molecular complexity index is 783. The molecule has 4 rings (SSSR count). The molecule has 3 aliphatic rings. The fraction of sp³-hybridized carbons (Fsp3) is 0.652. The Morgan fingerprint density at radius 1 is 1.13 bits per heavy atom. The largest absolute Gasteiger partial charge is 0.340 e. The van der Waals surface area contributed by atoms with Gasteiger partial charge in [-0.3, -0.25) is 14.5 Å². The lowest BCUT2D eigenvalue weighted by Gasteiger charge is -2.43. The van der Waals surface area contributed by atoms with Crippen molar-refractivity contribution in [1.82, 2.24) is 15.1 Å². The number of anilines is 1. The van der Waals surface area contributed by atoms with E-state index in [1.54, 1.807) is 0 Å². The van der Waals surface area contributed by atoms with Crippen LogP contribution >= 0.6 is 24.8 Å². The van der Waals surface area contributed by atoms with Gasteiger partial charge in [-0.15, -0.1) is 24.8 Å². The Kier molecular flexibility index (Phi) is 9.19. The lowest BCUT2D eigenvalue weighted by atomic mass is 9.67. The molecule has 1 aromatic carbocycles. The van der Waals surface area contributed by atoms with Crippen molar-refractivity contribution >= 4 is 42.3 Å². The first-order valence-electron chi connectivity index (χ1n) is 11.1. The number of amides is 2. The SMILES string of the molecule is Cc1cccc(NC(=O)CN2CCN(C(=O)[C@@]34CCCC[C@H]3CNC4)CC2)c1C.Cl.Cl. The summed E-state index contributed by atoms with van der Waals surface area (Å²) in [5.41, 5.74) is 3.01. The predicted octanol–water partition coefficient (Wildman–Crippen LogP) is 3.01. The molecule has 2 atom stereocenters. The summed E-state index contributed by atoms with van der Waals surface area (Å²) in [6.07, 6.45) is 4.63. The maximum atomic E-state index is 13.4. The number of nitrogens with one attached hydrogen (secondary N) is 2. The molecule has 0 aromatic heterocycles. The molecule has 1 aliphatic carbocycles. The van der Waals surface area contributed by atoms with Gasteiger partial charge in [-0.05, 0) is 56.3 Å². The van der Waals surface area contributed by atoms with E-state index in [0.29, 0.717) is 18.4 Å². The van der Waals surface area contributed by atoms with Crippen LogP contribution in [0.15, 0.2) is 18.2 Å². The Hall–Kier alpha value is -1.34. The van der Waals surface area contributed by atoms with Gasteiger partial charge in [0.2, 0.25) is 11.8 Å². The number of hydrogen-bond donors (Lipinski definition) is 2. The minimum Gasteiger partial charge on any atom is -0.340 e. The van der Waals surface area contributed by atoms with Crippen molar-refractivity contribution < 1.29 is 9.59 Å². The molecule has 0 unspecified atom stereocenters. The van der Waals surface area contributed by atoms with Gasteiger partial charge in [0.15, 0.2) is 0 Å². The van der Waals surface area contributed by atoms with Gasteiger partial charge in [0.05, 0.1) is 12.0 Å². The van der Waals surface area contributed by atoms with E-state index in [0.717, 1.165) is 56.9 Å². The highest BCUT2D eigenvalue weighted by atomic mass is 35.5. The van der Waals surface area contributed by atoms with Gasteiger partial charge in [0, 0.05) is 38.4 Å². The third-order valence-corrected chi connectivity index (χ3v) is 7.37. The molecule has 2 heterocycles. The first-order valence-corrected chi connectivity index (χ1v) is 11.1. The average Bonchev–Trinajstić information content (AvgIpc) is 3.17. The van der Waals surface area contributed by atoms with E-state index in [1.807, 2.05) is 19.1 Å². The molecule has 0 bridgehead atoms. The summed E-state index contributed by atoms with van der Waals surface area (Å²) < 4.78 is 0. The molecule has 174 valence electrons. The van der Waals surface area contributed by atoms with E-state index in [4.69, 9.17) is 0 Å². The van der Waals surface area contributed by atoms with Crippen molar-refractivity contribution in [2.75, 3.05) is 51.1 Å². The van der Waals surface area contributed by atoms with Crippen LogP contribution in [0.3, 0.4) is 0 Å². The van der Waals surface area contributed by atoms with Crippen LogP contribution in [0.2, 0.25) is 0 Å². The second kappa shape index (κ2) is 11.0. The number of nitrogens with zero attached hydrogens (tertiary/aromatic N) is 2. The van der Waals surface area contributed by atoms with Crippen molar-refractivity contribution in [3.8, 4) is 0 Å². The topological polar surface area (TPSA) is 64.7 Å². The molecular formula is C23H36Cl2N4O2. The predicted molar refractivity (Wildman–Crippen MR) is 129 cm³/mol. The maximum Gasteiger partial charge on any atom is 0.238 e. The third kappa shape index (κ3) is 5.36. The molecule has 2 amide bonds. The van der Waals surface area contributed by atoms with Gasteiger partial charge in [-0.25, -0.2) is 0 Å². The zero-order valence-electron chi connectivity index (χ0n) is 18.6. The van der Waals surface area contributed by atoms with Gasteiger partial charge < -0.3 is 15.5 Å². The molecule has 1 aromatic rings. The van der Waals surface area contributed by atoms with E-state index in [9.17, 15) is 9.59 Å². The van der Waals surface area contributed by atoms with Crippen molar-refractivity contribution in [2.24, 2.45) is 11.3 Å². The summed E-state index contributed by atoms with van der Waals surface area (Å²) in [4.78, 5) is 30.1. The van der Waals surface area contributed by atoms with E-state index in [-0.39, 0.29) is 36.1 Å². The van der Waals surface area contributed by atoms with E-state index < -0.39 is 0 Å². The molecule has 0 spiro atoms. The summed E-state index contributed by atoms with van der Waals surface area (Å²) in [5.74, 6) is 0.876. The Balaban J connectivity index is 0.00000171. The molecule has 0 radical (unpaired) electrons. The molecular weight excluding hydrogens is 435 g/mol. The Morgan fingerprint density at radius 3 is 2.61 bits per heavy atom. The third-order valence-electron chi connectivity index (χ3n) is 7.37. The van der Waals surface area contributed by atoms with Crippen LogP contribution in [-0.2, 0) is 9.59 Å². The monoisotopic (exact) mass is 470 g/mol. The van der Waals surface area contributed by atoms with E-state index in [1.165, 1.54) is 24.8 Å². The molecule has 2 N–H and O–H groups in total. The van der Waals surface area contributed by atoms with Crippen LogP contribution in [0, 0.1) is 25.2 Å². The van der Waals surface area contributed by atoms with Crippen molar-refractivity contribution in [3.05, 3.63) is 29.3 Å². The zero-order chi connectivity index (χ0) is 20.4. The number of carbonyl (C=O) groups is 2. The van der Waals surface area contributed by atoms with Crippen LogP contribution in [-0.4, -0.2) is 67.4 Å². The fourth-order valence-corrected chi connectivity index (χ4v) is 5.37. The molecule has 3 fully saturated rings. The molecule has 8 heteroatoms. The van der Waals surface area contributed by atoms with Crippen molar-refractivity contribution in [3.63, 3.8) is 0 Å². The van der Waals surface area contributed by atoms with Gasteiger partial charge >= 0.3 is 0 Å². The van der Waals surface area contributed by atoms with Crippen molar-refractivity contribution in [2.45, 2.75) is 39.5 Å². The van der Waals surface area contributed by atoms with Crippen molar-refractivity contribution in [1.29, 1.82) is 0 Å². The molecule has 2 saturated heterocycles. The highest BCUT2D eigenvalue weighted by Crippen LogP contribution is 2.45. The average molecular weight is 471 g/mol. The number of benzene rings is 1. The first kappa shape index (κ1) is 25.9. The number of fused-ring (bicyclic) bond motifs is 1. The number of rotatable bonds is 4. The van der Waals surface area contributed by atoms with Gasteiger partial charge in [0.25, 0.3) is 0 Å². The number of halogens is 2. The first-order chi connectivity index (χ1) is 14.0. The fourth-order valence-electron chi connectivity index (χ4n) is 5.37. The summed E-state index contributed by atoms with van der Waals surface area (Å²) in [6, 6.07) is 5.97. The molecule has 1 saturated carbocycles. The van der Waals surface area contributed by atoms with E-state index >= 15 is 0 Å². The van der Waals surface area contributed by atoms with Gasteiger partial charge in [0.1, 0.15) is 0 Å². The summed E-state index contributed by atoms with van der Waals surface area (Å²) in [5, 5.41) is 6.52. The lowest BCUT2D eigenvalue weighted by Crippen LogP contribution is -2.56. The highest BCUT2D eigenvalue weighted by molar-refractivity contribution is 5.93. The molecule has 31 heavy (non-hydrogen) atoms. The standard InChI is InChI=1S/C23H34N4O2.2ClH/c1-17-6-5-8-20(18(17)2)25-21(28)15-26-10-12-27(13-11-26)22(29)23-9-4-3-7-19(23)14-24-16-23;;/h5-6,8,19,24H,3-4,7,9-16H2,1-2H3,(H,25,28);2*1H/t19-,23+;;/m0../s1. The quantitative estimate of drug-likeness (QED) is 0.709. The zero-order valence-corrected chi connectivity index (χ0v) is 20.2. The lowest BCUT2D eigenvalue weighted by molar-refractivity contribution is -0.147. The summed E-state index contributed by atoms with van der Waals surface area (Å²) in [6.45, 7) is 9.28. The second-order valence-electron chi connectivity index (χ2n) is 9.09. The van der Waals surface area contributed by atoms with Gasteiger partial charge in [-0.2, -0.15) is 0 Å². The number of piperazine rings is 1. The number of carbonyl (C=O) groups excluding carboxylic acids is 2. The Morgan fingerprint density at radius 2 is 1.87 bits per heavy atom. The number of aryl methyl sites for hydroxylation is 1. The van der Waals surface area contributed by atoms with Crippen LogP contribution in [0.25, 0.3) is 0 Å². The van der Waals surface area contributed by atoms with E-state index in [2.05, 4.69) is 33.4 Å². The van der Waals surface area contributed by atoms with Crippen LogP contribution in [0.1, 0.15) is 36.8 Å². The normalized spacial score (nSPS) is 25.7. The summed E-state index contributed by atoms with van der Waals surface area (Å²) in [7, 11) is 0. The minimum absolute atomic E-state index is 0. The molecule has 2 aliphatic heterocycles. The highest BCUT2D eigenvalue weighted by Gasteiger charge is 2.51. The van der Waals surface area contributed by atoms with Crippen LogP contribution < -0.4 is 10.6 Å². The number of hydrogen-bond acceptors (Lipinski definition) is 4. The maximum absolute atomic E-state index is 13.4. The van der Waals surface area contributed by atoms with Crippen LogP contribution in [0.5, 0.6) is 0 Å². The second-order valence-corrected chi connectivity index (χ2v) is 9.09. The smallest absolute Gasteiger partial charge is 0.238 e. The molecule has 6 nitrogen and oxygen atoms in total. The minimum atomic E-state index is -0.166.